The zero-order chi connectivity index (χ0) is 12.9. The zero-order valence-electron chi connectivity index (χ0n) is 12.3. The molecule has 0 bridgehead atoms. The summed E-state index contributed by atoms with van der Waals surface area (Å²) in [5.41, 5.74) is 6.79. The van der Waals surface area contributed by atoms with E-state index < -0.39 is 0 Å². The van der Waals surface area contributed by atoms with Gasteiger partial charge in [-0.3, -0.25) is 0 Å². The van der Waals surface area contributed by atoms with E-state index in [1.165, 1.54) is 25.7 Å². The van der Waals surface area contributed by atoms with Crippen LogP contribution in [-0.2, 0) is 12.8 Å². The van der Waals surface area contributed by atoms with Crippen molar-refractivity contribution < 1.29 is 0 Å². The van der Waals surface area contributed by atoms with Crippen molar-refractivity contribution in [3.63, 3.8) is 0 Å². The molecule has 18 heavy (non-hydrogen) atoms. The van der Waals surface area contributed by atoms with Gasteiger partial charge in [0.1, 0.15) is 0 Å². The van der Waals surface area contributed by atoms with Crippen molar-refractivity contribution >= 4 is 0 Å². The predicted molar refractivity (Wildman–Crippen MR) is 78.2 cm³/mol. The highest BCUT2D eigenvalue weighted by Crippen LogP contribution is 2.48. The summed E-state index contributed by atoms with van der Waals surface area (Å²) in [6.45, 7) is 9.78. The molecule has 1 aromatic carbocycles. The van der Waals surface area contributed by atoms with Crippen LogP contribution in [0.25, 0.3) is 0 Å². The Bertz CT molecular complexity index is 457. The van der Waals surface area contributed by atoms with Crippen molar-refractivity contribution in [1.82, 2.24) is 0 Å². The smallest absolute Gasteiger partial charge is 0.0156 e. The van der Waals surface area contributed by atoms with Gasteiger partial charge in [-0.2, -0.15) is 0 Å². The maximum absolute atomic E-state index is 2.46. The number of rotatable bonds is 0. The monoisotopic (exact) mass is 242 g/mol. The fraction of sp³-hybridized carbons (Fsp3) is 0.667. The van der Waals surface area contributed by atoms with Crippen LogP contribution in [0.3, 0.4) is 0 Å². The quantitative estimate of drug-likeness (QED) is 0.596. The Kier molecular flexibility index (Phi) is 3.00. The van der Waals surface area contributed by atoms with Crippen LogP contribution in [-0.4, -0.2) is 0 Å². The van der Waals surface area contributed by atoms with E-state index in [0.717, 1.165) is 23.7 Å². The van der Waals surface area contributed by atoms with Gasteiger partial charge < -0.3 is 0 Å². The minimum Gasteiger partial charge on any atom is -0.0617 e. The topological polar surface area (TPSA) is 0 Å². The van der Waals surface area contributed by atoms with E-state index in [1.54, 1.807) is 22.3 Å². The number of hydrogen-bond donors (Lipinski definition) is 0. The number of aryl methyl sites for hydroxylation is 1. The third-order valence-electron chi connectivity index (χ3n) is 5.96. The first-order valence-corrected chi connectivity index (χ1v) is 7.75. The van der Waals surface area contributed by atoms with Crippen LogP contribution in [0.5, 0.6) is 0 Å². The van der Waals surface area contributed by atoms with Crippen LogP contribution in [0.15, 0.2) is 12.1 Å². The largest absolute Gasteiger partial charge is 0.0617 e. The van der Waals surface area contributed by atoms with Crippen molar-refractivity contribution in [2.24, 2.45) is 11.8 Å². The number of hydrogen-bond acceptors (Lipinski definition) is 0. The fourth-order valence-corrected chi connectivity index (χ4v) is 4.27. The SMILES string of the molecule is CC1c2ccc3c(c2C(C)C(C)C1C)CCCC3. The Morgan fingerprint density at radius 3 is 2.28 bits per heavy atom. The molecule has 0 radical (unpaired) electrons. The lowest BCUT2D eigenvalue weighted by Gasteiger charge is -2.41. The lowest BCUT2D eigenvalue weighted by molar-refractivity contribution is 0.272. The van der Waals surface area contributed by atoms with E-state index in [0.29, 0.717) is 0 Å². The van der Waals surface area contributed by atoms with Gasteiger partial charge in [-0.05, 0) is 71.6 Å². The lowest BCUT2D eigenvalue weighted by atomic mass is 9.64. The summed E-state index contributed by atoms with van der Waals surface area (Å²) >= 11 is 0. The first-order chi connectivity index (χ1) is 8.61. The van der Waals surface area contributed by atoms with E-state index in [2.05, 4.69) is 39.8 Å². The number of benzene rings is 1. The molecule has 0 saturated heterocycles. The van der Waals surface area contributed by atoms with Crippen molar-refractivity contribution in [1.29, 1.82) is 0 Å². The van der Waals surface area contributed by atoms with Gasteiger partial charge in [-0.15, -0.1) is 0 Å². The molecule has 98 valence electrons. The molecule has 0 aliphatic heterocycles. The molecule has 2 aliphatic carbocycles. The van der Waals surface area contributed by atoms with Crippen molar-refractivity contribution in [2.45, 2.75) is 65.2 Å². The van der Waals surface area contributed by atoms with Gasteiger partial charge in [0, 0.05) is 0 Å². The second-order valence-corrected chi connectivity index (χ2v) is 6.71. The average molecular weight is 242 g/mol. The molecule has 0 N–H and O–H groups in total. The van der Waals surface area contributed by atoms with Gasteiger partial charge in [0.25, 0.3) is 0 Å². The van der Waals surface area contributed by atoms with Crippen LogP contribution in [0.4, 0.5) is 0 Å². The second kappa shape index (κ2) is 4.40. The lowest BCUT2D eigenvalue weighted by Crippen LogP contribution is -2.29. The Balaban J connectivity index is 2.18. The molecule has 4 unspecified atom stereocenters. The second-order valence-electron chi connectivity index (χ2n) is 6.71. The van der Waals surface area contributed by atoms with E-state index in [1.807, 2.05) is 0 Å². The standard InChI is InChI=1S/C18H26/c1-11-12(2)14(4)18-16(13(11)3)10-9-15-7-5-6-8-17(15)18/h9-14H,5-8H2,1-4H3. The number of fused-ring (bicyclic) bond motifs is 3. The molecule has 1 aromatic rings. The molecule has 0 saturated carbocycles. The highest BCUT2D eigenvalue weighted by molar-refractivity contribution is 5.47. The van der Waals surface area contributed by atoms with E-state index >= 15 is 0 Å². The van der Waals surface area contributed by atoms with Crippen molar-refractivity contribution in [2.75, 3.05) is 0 Å². The highest BCUT2D eigenvalue weighted by atomic mass is 14.4. The summed E-state index contributed by atoms with van der Waals surface area (Å²) < 4.78 is 0. The molecule has 0 amide bonds. The van der Waals surface area contributed by atoms with E-state index in [4.69, 9.17) is 0 Å². The van der Waals surface area contributed by atoms with Crippen LogP contribution >= 0.6 is 0 Å². The first-order valence-electron chi connectivity index (χ1n) is 7.75. The van der Waals surface area contributed by atoms with Gasteiger partial charge in [0.2, 0.25) is 0 Å². The fourth-order valence-electron chi connectivity index (χ4n) is 4.27. The van der Waals surface area contributed by atoms with Crippen molar-refractivity contribution in [3.05, 3.63) is 34.4 Å². The Labute approximate surface area is 112 Å². The van der Waals surface area contributed by atoms with Gasteiger partial charge in [-0.1, -0.05) is 39.8 Å². The molecule has 4 atom stereocenters. The normalized spacial score (nSPS) is 34.9. The van der Waals surface area contributed by atoms with Crippen LogP contribution in [0.2, 0.25) is 0 Å². The van der Waals surface area contributed by atoms with Gasteiger partial charge in [-0.25, -0.2) is 0 Å². The molecular weight excluding hydrogens is 216 g/mol. The molecule has 0 spiro atoms. The summed E-state index contributed by atoms with van der Waals surface area (Å²) in [4.78, 5) is 0. The van der Waals surface area contributed by atoms with E-state index in [-0.39, 0.29) is 0 Å². The minimum atomic E-state index is 0.735. The van der Waals surface area contributed by atoms with Crippen LogP contribution in [0.1, 0.15) is 74.6 Å². The average Bonchev–Trinajstić information content (AvgIpc) is 2.41. The third-order valence-corrected chi connectivity index (χ3v) is 5.96. The summed E-state index contributed by atoms with van der Waals surface area (Å²) in [6, 6.07) is 4.88. The Morgan fingerprint density at radius 2 is 1.50 bits per heavy atom. The summed E-state index contributed by atoms with van der Waals surface area (Å²) in [6.07, 6.45) is 5.43. The molecule has 0 heteroatoms. The molecule has 0 nitrogen and oxygen atoms in total. The molecule has 0 aromatic heterocycles. The molecule has 3 rings (SSSR count). The molecule has 0 fully saturated rings. The first kappa shape index (κ1) is 12.3. The summed E-state index contributed by atoms with van der Waals surface area (Å²) in [7, 11) is 0. The van der Waals surface area contributed by atoms with Crippen LogP contribution in [0, 0.1) is 11.8 Å². The summed E-state index contributed by atoms with van der Waals surface area (Å²) in [5, 5.41) is 0. The molecule has 2 aliphatic rings. The van der Waals surface area contributed by atoms with Gasteiger partial charge in [0.05, 0.1) is 0 Å². The predicted octanol–water partition coefficient (Wildman–Crippen LogP) is 5.06. The van der Waals surface area contributed by atoms with E-state index in [9.17, 15) is 0 Å². The van der Waals surface area contributed by atoms with Gasteiger partial charge >= 0.3 is 0 Å². The minimum absolute atomic E-state index is 0.735. The van der Waals surface area contributed by atoms with Gasteiger partial charge in [0.15, 0.2) is 0 Å². The Hall–Kier alpha value is -0.780. The third kappa shape index (κ3) is 1.65. The molecule has 0 heterocycles. The van der Waals surface area contributed by atoms with Crippen molar-refractivity contribution in [3.8, 4) is 0 Å². The zero-order valence-corrected chi connectivity index (χ0v) is 12.3. The highest BCUT2D eigenvalue weighted by Gasteiger charge is 2.35. The maximum atomic E-state index is 2.46. The summed E-state index contributed by atoms with van der Waals surface area (Å²) in [5.74, 6) is 3.12. The molecular formula is C18H26. The van der Waals surface area contributed by atoms with Crippen LogP contribution < -0.4 is 0 Å². The maximum Gasteiger partial charge on any atom is -0.0156 e. The Morgan fingerprint density at radius 1 is 0.833 bits per heavy atom.